The molecule has 1 fully saturated rings. The third-order valence-corrected chi connectivity index (χ3v) is 4.71. The number of piperidine rings is 1. The summed E-state index contributed by atoms with van der Waals surface area (Å²) in [6.07, 6.45) is 2.61. The molecule has 0 aliphatic carbocycles. The molecule has 1 aromatic carbocycles. The van der Waals surface area contributed by atoms with E-state index in [1.165, 1.54) is 0 Å². The van der Waals surface area contributed by atoms with Gasteiger partial charge in [-0.3, -0.25) is 14.6 Å². The zero-order valence-corrected chi connectivity index (χ0v) is 14.4. The average Bonchev–Trinajstić information content (AvgIpc) is 2.59. The molecule has 1 aliphatic rings. The van der Waals surface area contributed by atoms with E-state index in [2.05, 4.69) is 10.3 Å². The van der Waals surface area contributed by atoms with Crippen molar-refractivity contribution < 1.29 is 9.59 Å². The van der Waals surface area contributed by atoms with Gasteiger partial charge in [0.05, 0.1) is 16.8 Å². The van der Waals surface area contributed by atoms with Gasteiger partial charge in [0.1, 0.15) is 6.04 Å². The van der Waals surface area contributed by atoms with E-state index in [1.54, 1.807) is 11.9 Å². The minimum Gasteiger partial charge on any atom is -0.357 e. The Morgan fingerprint density at radius 1 is 1.21 bits per heavy atom. The van der Waals surface area contributed by atoms with Crippen molar-refractivity contribution in [2.75, 3.05) is 13.6 Å². The number of aromatic nitrogens is 1. The van der Waals surface area contributed by atoms with E-state index in [-0.39, 0.29) is 17.9 Å². The van der Waals surface area contributed by atoms with Gasteiger partial charge in [-0.25, -0.2) is 0 Å². The average molecular weight is 325 g/mol. The first-order chi connectivity index (χ1) is 11.5. The Balaban J connectivity index is 1.99. The van der Waals surface area contributed by atoms with Gasteiger partial charge in [-0.2, -0.15) is 0 Å². The zero-order chi connectivity index (χ0) is 17.3. The van der Waals surface area contributed by atoms with Crippen LogP contribution in [0.4, 0.5) is 0 Å². The van der Waals surface area contributed by atoms with E-state index < -0.39 is 0 Å². The second kappa shape index (κ2) is 6.59. The topological polar surface area (TPSA) is 62.3 Å². The number of carbonyl (C=O) groups excluding carboxylic acids is 2. The van der Waals surface area contributed by atoms with Crippen molar-refractivity contribution in [3.05, 3.63) is 41.1 Å². The minimum atomic E-state index is -0.385. The SMILES string of the molecule is CNC(=O)[C@@H]1CCCCN1C(=O)c1cc2ccc(C)cc2nc1C. The van der Waals surface area contributed by atoms with Crippen molar-refractivity contribution >= 4 is 22.7 Å². The zero-order valence-electron chi connectivity index (χ0n) is 14.4. The number of hydrogen-bond acceptors (Lipinski definition) is 3. The third kappa shape index (κ3) is 2.98. The van der Waals surface area contributed by atoms with Crippen LogP contribution in [0.3, 0.4) is 0 Å². The number of rotatable bonds is 2. The lowest BCUT2D eigenvalue weighted by Crippen LogP contribution is -2.51. The van der Waals surface area contributed by atoms with Gasteiger partial charge >= 0.3 is 0 Å². The van der Waals surface area contributed by atoms with E-state index in [0.717, 1.165) is 29.3 Å². The summed E-state index contributed by atoms with van der Waals surface area (Å²) in [6, 6.07) is 7.53. The highest BCUT2D eigenvalue weighted by Gasteiger charge is 2.32. The fourth-order valence-electron chi connectivity index (χ4n) is 3.36. The Kier molecular flexibility index (Phi) is 4.51. The van der Waals surface area contributed by atoms with Crippen LogP contribution < -0.4 is 5.32 Å². The first-order valence-corrected chi connectivity index (χ1v) is 8.42. The molecule has 1 N–H and O–H groups in total. The van der Waals surface area contributed by atoms with Crippen molar-refractivity contribution in [3.8, 4) is 0 Å². The first-order valence-electron chi connectivity index (χ1n) is 8.42. The lowest BCUT2D eigenvalue weighted by Gasteiger charge is -2.34. The lowest BCUT2D eigenvalue weighted by atomic mass is 9.99. The predicted octanol–water partition coefficient (Wildman–Crippen LogP) is 2.59. The Morgan fingerprint density at radius 2 is 2.00 bits per heavy atom. The summed E-state index contributed by atoms with van der Waals surface area (Å²) in [5.41, 5.74) is 3.33. The molecule has 2 heterocycles. The number of likely N-dealkylation sites (N-methyl/N-ethyl adjacent to an activating group) is 1. The third-order valence-electron chi connectivity index (χ3n) is 4.71. The summed E-state index contributed by atoms with van der Waals surface area (Å²) in [5, 5.41) is 3.62. The van der Waals surface area contributed by atoms with Crippen LogP contribution in [0.5, 0.6) is 0 Å². The van der Waals surface area contributed by atoms with Crippen molar-refractivity contribution in [1.82, 2.24) is 15.2 Å². The Morgan fingerprint density at radius 3 is 2.75 bits per heavy atom. The standard InChI is InChI=1S/C19H23N3O2/c1-12-7-8-14-11-15(13(2)21-16(14)10-12)19(24)22-9-5-4-6-17(22)18(23)20-3/h7-8,10-11,17H,4-6,9H2,1-3H3,(H,20,23)/t17-/m0/s1. The molecule has 1 atom stereocenters. The fraction of sp³-hybridized carbons (Fsp3) is 0.421. The van der Waals surface area contributed by atoms with Crippen LogP contribution >= 0.6 is 0 Å². The molecule has 2 aromatic rings. The number of fused-ring (bicyclic) bond motifs is 1. The van der Waals surface area contributed by atoms with Crippen LogP contribution in [0.2, 0.25) is 0 Å². The van der Waals surface area contributed by atoms with E-state index in [1.807, 2.05) is 38.1 Å². The lowest BCUT2D eigenvalue weighted by molar-refractivity contribution is -0.126. The summed E-state index contributed by atoms with van der Waals surface area (Å²) >= 11 is 0. The number of benzene rings is 1. The molecular weight excluding hydrogens is 302 g/mol. The van der Waals surface area contributed by atoms with E-state index in [0.29, 0.717) is 24.2 Å². The molecule has 1 saturated heterocycles. The Hall–Kier alpha value is -2.43. The highest BCUT2D eigenvalue weighted by molar-refractivity contribution is 6.01. The molecule has 2 amide bonds. The maximum absolute atomic E-state index is 13.1. The molecule has 0 bridgehead atoms. The van der Waals surface area contributed by atoms with Gasteiger partial charge in [-0.15, -0.1) is 0 Å². The predicted molar refractivity (Wildman–Crippen MR) is 94.0 cm³/mol. The summed E-state index contributed by atoms with van der Waals surface area (Å²) in [4.78, 5) is 31.5. The second-order valence-corrected chi connectivity index (χ2v) is 6.44. The van der Waals surface area contributed by atoms with Gasteiger partial charge in [0.15, 0.2) is 0 Å². The first kappa shape index (κ1) is 16.4. The summed E-state index contributed by atoms with van der Waals surface area (Å²) in [7, 11) is 1.62. The maximum atomic E-state index is 13.1. The van der Waals surface area contributed by atoms with E-state index >= 15 is 0 Å². The Bertz CT molecular complexity index is 801. The molecule has 1 aliphatic heterocycles. The van der Waals surface area contributed by atoms with Crippen LogP contribution in [0.1, 0.15) is 40.9 Å². The van der Waals surface area contributed by atoms with Crippen LogP contribution in [0.15, 0.2) is 24.3 Å². The number of nitrogens with zero attached hydrogens (tertiary/aromatic N) is 2. The number of carbonyl (C=O) groups is 2. The van der Waals surface area contributed by atoms with Crippen molar-refractivity contribution in [2.24, 2.45) is 0 Å². The molecule has 0 spiro atoms. The number of nitrogens with one attached hydrogen (secondary N) is 1. The molecule has 1 aromatic heterocycles. The molecule has 5 heteroatoms. The van der Waals surface area contributed by atoms with Gasteiger partial charge in [-0.05, 0) is 50.8 Å². The molecule has 0 saturated carbocycles. The Labute approximate surface area is 142 Å². The molecule has 0 unspecified atom stereocenters. The highest BCUT2D eigenvalue weighted by atomic mass is 16.2. The van der Waals surface area contributed by atoms with Crippen LogP contribution in [0.25, 0.3) is 10.9 Å². The molecule has 24 heavy (non-hydrogen) atoms. The quantitative estimate of drug-likeness (QED) is 0.923. The van der Waals surface area contributed by atoms with Crippen LogP contribution in [-0.2, 0) is 4.79 Å². The number of pyridine rings is 1. The van der Waals surface area contributed by atoms with Crippen molar-refractivity contribution in [3.63, 3.8) is 0 Å². The van der Waals surface area contributed by atoms with Gasteiger partial charge < -0.3 is 10.2 Å². The molecule has 3 rings (SSSR count). The summed E-state index contributed by atoms with van der Waals surface area (Å²) in [6.45, 7) is 4.49. The van der Waals surface area contributed by atoms with E-state index in [9.17, 15) is 9.59 Å². The van der Waals surface area contributed by atoms with Gasteiger partial charge in [0.2, 0.25) is 5.91 Å². The molecule has 126 valence electrons. The largest absolute Gasteiger partial charge is 0.357 e. The van der Waals surface area contributed by atoms with Gasteiger partial charge in [0.25, 0.3) is 5.91 Å². The molecule has 5 nitrogen and oxygen atoms in total. The number of hydrogen-bond donors (Lipinski definition) is 1. The molecular formula is C19H23N3O2. The minimum absolute atomic E-state index is 0.0925. The van der Waals surface area contributed by atoms with E-state index in [4.69, 9.17) is 0 Å². The second-order valence-electron chi connectivity index (χ2n) is 6.44. The number of likely N-dealkylation sites (tertiary alicyclic amines) is 1. The van der Waals surface area contributed by atoms with Gasteiger partial charge in [0, 0.05) is 19.0 Å². The number of aryl methyl sites for hydroxylation is 2. The summed E-state index contributed by atoms with van der Waals surface area (Å²) in [5.74, 6) is -0.194. The van der Waals surface area contributed by atoms with Crippen LogP contribution in [0, 0.1) is 13.8 Å². The monoisotopic (exact) mass is 325 g/mol. The smallest absolute Gasteiger partial charge is 0.256 e. The fourth-order valence-corrected chi connectivity index (χ4v) is 3.36. The highest BCUT2D eigenvalue weighted by Crippen LogP contribution is 2.23. The maximum Gasteiger partial charge on any atom is 0.256 e. The normalized spacial score (nSPS) is 17.8. The van der Waals surface area contributed by atoms with Crippen LogP contribution in [-0.4, -0.2) is 41.3 Å². The van der Waals surface area contributed by atoms with Gasteiger partial charge in [-0.1, -0.05) is 12.1 Å². The van der Waals surface area contributed by atoms with Crippen molar-refractivity contribution in [2.45, 2.75) is 39.2 Å². The van der Waals surface area contributed by atoms with Crippen molar-refractivity contribution in [1.29, 1.82) is 0 Å². The number of amides is 2. The summed E-state index contributed by atoms with van der Waals surface area (Å²) < 4.78 is 0. The molecule has 0 radical (unpaired) electrons.